The van der Waals surface area contributed by atoms with E-state index in [1.54, 1.807) is 0 Å². The zero-order chi connectivity index (χ0) is 17.1. The molecule has 3 heterocycles. The largest absolute Gasteiger partial charge is 0.336 e. The smallest absolute Gasteiger partial charge is 0.265 e. The zero-order valence-corrected chi connectivity index (χ0v) is 17.8. The van der Waals surface area contributed by atoms with E-state index in [4.69, 9.17) is 0 Å². The van der Waals surface area contributed by atoms with Gasteiger partial charge in [0.05, 0.1) is 17.2 Å². The number of carbonyl (C=O) groups excluding carboxylic acids is 2. The molecule has 2 aliphatic heterocycles. The number of likely N-dealkylation sites (tertiary alicyclic amines) is 1. The number of aryl methyl sites for hydroxylation is 2. The number of thiazole rings is 1. The first-order valence-corrected chi connectivity index (χ1v) is 9.67. The quantitative estimate of drug-likeness (QED) is 0.807. The van der Waals surface area contributed by atoms with E-state index in [0.29, 0.717) is 13.1 Å². The molecule has 2 aliphatic rings. The Morgan fingerprint density at radius 3 is 2.81 bits per heavy atom. The maximum Gasteiger partial charge on any atom is 0.265 e. The molecule has 2 amide bonds. The van der Waals surface area contributed by atoms with Crippen LogP contribution in [0.3, 0.4) is 0 Å². The van der Waals surface area contributed by atoms with E-state index in [9.17, 15) is 9.59 Å². The van der Waals surface area contributed by atoms with Gasteiger partial charge in [0.25, 0.3) is 5.91 Å². The Bertz CT molecular complexity index is 626. The van der Waals surface area contributed by atoms with Crippen molar-refractivity contribution in [2.75, 3.05) is 32.7 Å². The van der Waals surface area contributed by atoms with E-state index in [0.717, 1.165) is 60.9 Å². The highest BCUT2D eigenvalue weighted by molar-refractivity contribution is 7.13. The van der Waals surface area contributed by atoms with Gasteiger partial charge >= 0.3 is 0 Å². The summed E-state index contributed by atoms with van der Waals surface area (Å²) in [5.41, 5.74) is 0.842. The predicted octanol–water partition coefficient (Wildman–Crippen LogP) is 2.28. The lowest BCUT2D eigenvalue weighted by Gasteiger charge is -2.41. The van der Waals surface area contributed by atoms with E-state index in [-0.39, 0.29) is 42.7 Å². The van der Waals surface area contributed by atoms with Crippen LogP contribution in [0.1, 0.15) is 46.6 Å². The number of nitrogens with zero attached hydrogens (tertiary/aromatic N) is 3. The molecular weight excluding hydrogens is 395 g/mol. The Morgan fingerprint density at radius 1 is 1.35 bits per heavy atom. The summed E-state index contributed by atoms with van der Waals surface area (Å²) in [4.78, 5) is 34.2. The van der Waals surface area contributed by atoms with Crippen LogP contribution in [-0.2, 0) is 11.2 Å². The second-order valence-electron chi connectivity index (χ2n) is 6.58. The normalized spacial score (nSPS) is 20.4. The van der Waals surface area contributed by atoms with Gasteiger partial charge in [-0.05, 0) is 32.6 Å². The summed E-state index contributed by atoms with van der Waals surface area (Å²) in [6.45, 7) is 7.46. The van der Waals surface area contributed by atoms with Gasteiger partial charge in [-0.2, -0.15) is 0 Å². The average molecular weight is 423 g/mol. The van der Waals surface area contributed by atoms with Crippen LogP contribution in [0.15, 0.2) is 0 Å². The zero-order valence-electron chi connectivity index (χ0n) is 15.3. The fourth-order valence-corrected chi connectivity index (χ4v) is 4.65. The lowest BCUT2D eigenvalue weighted by Crippen LogP contribution is -2.57. The summed E-state index contributed by atoms with van der Waals surface area (Å²) in [6.07, 6.45) is 3.90. The lowest BCUT2D eigenvalue weighted by atomic mass is 10.0. The van der Waals surface area contributed by atoms with E-state index < -0.39 is 0 Å². The van der Waals surface area contributed by atoms with E-state index in [2.05, 4.69) is 17.2 Å². The van der Waals surface area contributed by atoms with Crippen LogP contribution in [0.2, 0.25) is 0 Å². The van der Waals surface area contributed by atoms with Gasteiger partial charge in [-0.3, -0.25) is 9.59 Å². The number of piperazine rings is 1. The molecule has 6 nitrogen and oxygen atoms in total. The summed E-state index contributed by atoms with van der Waals surface area (Å²) < 4.78 is 0. The molecule has 0 spiro atoms. The Labute approximate surface area is 171 Å². The number of carbonyl (C=O) groups is 2. The molecule has 148 valence electrons. The lowest BCUT2D eigenvalue weighted by molar-refractivity contribution is -0.135. The highest BCUT2D eigenvalue weighted by Crippen LogP contribution is 2.24. The Hall–Kier alpha value is -0.890. The molecule has 0 saturated carbocycles. The number of aromatic nitrogens is 1. The third-order valence-electron chi connectivity index (χ3n) is 4.75. The van der Waals surface area contributed by atoms with Gasteiger partial charge in [0.15, 0.2) is 0 Å². The van der Waals surface area contributed by atoms with Crippen molar-refractivity contribution in [2.24, 2.45) is 0 Å². The topological polar surface area (TPSA) is 65.5 Å². The molecule has 1 unspecified atom stereocenters. The molecule has 2 fully saturated rings. The average Bonchev–Trinajstić information content (AvgIpc) is 2.95. The van der Waals surface area contributed by atoms with Crippen LogP contribution in [0, 0.1) is 6.92 Å². The molecule has 0 bridgehead atoms. The van der Waals surface area contributed by atoms with E-state index >= 15 is 0 Å². The maximum absolute atomic E-state index is 12.9. The maximum atomic E-state index is 12.9. The minimum absolute atomic E-state index is 0. The van der Waals surface area contributed by atoms with Crippen molar-refractivity contribution >= 4 is 48.0 Å². The second-order valence-corrected chi connectivity index (χ2v) is 7.67. The first-order valence-electron chi connectivity index (χ1n) is 8.86. The molecule has 26 heavy (non-hydrogen) atoms. The number of amides is 2. The highest BCUT2D eigenvalue weighted by Gasteiger charge is 2.32. The van der Waals surface area contributed by atoms with Crippen molar-refractivity contribution in [3.8, 4) is 0 Å². The molecule has 9 heteroatoms. The fourth-order valence-electron chi connectivity index (χ4n) is 3.52. The molecule has 0 aliphatic carbocycles. The van der Waals surface area contributed by atoms with E-state index in [1.807, 2.05) is 16.7 Å². The highest BCUT2D eigenvalue weighted by atomic mass is 35.5. The molecular formula is C17H28Cl2N4O2S. The van der Waals surface area contributed by atoms with Gasteiger partial charge in [0, 0.05) is 32.2 Å². The standard InChI is InChI=1S/C17H26N4O2S.2ClH/c1-3-5-14-19-12(2)16(24-14)17(23)20-8-4-6-13(11-20)21-9-7-18-10-15(21)22;;/h13,18H,3-11H2,1-2H3;2*1H. The first-order chi connectivity index (χ1) is 11.6. The SMILES string of the molecule is CCCc1nc(C)c(C(=O)N2CCCC(N3CCNCC3=O)C2)s1.Cl.Cl. The second kappa shape index (κ2) is 10.4. The molecule has 1 N–H and O–H groups in total. The molecule has 2 saturated heterocycles. The van der Waals surface area contributed by atoms with Crippen LogP contribution in [0.4, 0.5) is 0 Å². The number of hydrogen-bond donors (Lipinski definition) is 1. The molecule has 3 rings (SSSR count). The summed E-state index contributed by atoms with van der Waals surface area (Å²) in [6, 6.07) is 0.153. The number of nitrogens with one attached hydrogen (secondary N) is 1. The molecule has 1 aromatic heterocycles. The van der Waals surface area contributed by atoms with Crippen molar-refractivity contribution < 1.29 is 9.59 Å². The number of hydrogen-bond acceptors (Lipinski definition) is 5. The third-order valence-corrected chi connectivity index (χ3v) is 5.95. The van der Waals surface area contributed by atoms with Crippen molar-refractivity contribution in [1.29, 1.82) is 0 Å². The number of rotatable bonds is 4. The minimum Gasteiger partial charge on any atom is -0.336 e. The van der Waals surface area contributed by atoms with Crippen molar-refractivity contribution in [3.05, 3.63) is 15.6 Å². The van der Waals surface area contributed by atoms with Gasteiger partial charge in [-0.25, -0.2) is 4.98 Å². The summed E-state index contributed by atoms with van der Waals surface area (Å²) >= 11 is 1.53. The van der Waals surface area contributed by atoms with Crippen LogP contribution in [0.25, 0.3) is 0 Å². The molecule has 0 radical (unpaired) electrons. The molecule has 1 atom stereocenters. The predicted molar refractivity (Wildman–Crippen MR) is 109 cm³/mol. The monoisotopic (exact) mass is 422 g/mol. The first kappa shape index (κ1) is 23.1. The van der Waals surface area contributed by atoms with Crippen LogP contribution in [-0.4, -0.2) is 65.4 Å². The minimum atomic E-state index is 0. The summed E-state index contributed by atoms with van der Waals surface area (Å²) in [5.74, 6) is 0.236. The Morgan fingerprint density at radius 2 is 2.12 bits per heavy atom. The summed E-state index contributed by atoms with van der Waals surface area (Å²) in [7, 11) is 0. The van der Waals surface area contributed by atoms with Crippen molar-refractivity contribution in [2.45, 2.75) is 45.6 Å². The van der Waals surface area contributed by atoms with Crippen LogP contribution in [0.5, 0.6) is 0 Å². The van der Waals surface area contributed by atoms with E-state index in [1.165, 1.54) is 11.3 Å². The molecule has 0 aromatic carbocycles. The van der Waals surface area contributed by atoms with Crippen molar-refractivity contribution in [1.82, 2.24) is 20.1 Å². The van der Waals surface area contributed by atoms with Gasteiger partial charge in [0.2, 0.25) is 5.91 Å². The molecule has 1 aromatic rings. The van der Waals surface area contributed by atoms with Crippen LogP contribution < -0.4 is 5.32 Å². The van der Waals surface area contributed by atoms with Gasteiger partial charge in [-0.1, -0.05) is 6.92 Å². The Balaban J connectivity index is 0.00000169. The summed E-state index contributed by atoms with van der Waals surface area (Å²) in [5, 5.41) is 4.15. The van der Waals surface area contributed by atoms with Gasteiger partial charge in [-0.15, -0.1) is 36.2 Å². The van der Waals surface area contributed by atoms with Crippen LogP contribution >= 0.6 is 36.2 Å². The van der Waals surface area contributed by atoms with Crippen molar-refractivity contribution in [3.63, 3.8) is 0 Å². The van der Waals surface area contributed by atoms with Gasteiger partial charge < -0.3 is 15.1 Å². The third kappa shape index (κ3) is 5.09. The Kier molecular flexibility index (Phi) is 9.30. The number of piperidine rings is 1. The van der Waals surface area contributed by atoms with Gasteiger partial charge in [0.1, 0.15) is 4.88 Å². The number of halogens is 2. The fraction of sp³-hybridized carbons (Fsp3) is 0.706.